The van der Waals surface area contributed by atoms with Crippen LogP contribution in [0, 0.1) is 9.39 Å². The number of carbonyl (C=O) groups is 1. The number of aliphatic hydroxyl groups excluding tert-OH is 1. The van der Waals surface area contributed by atoms with Crippen molar-refractivity contribution in [3.8, 4) is 0 Å². The van der Waals surface area contributed by atoms with Crippen LogP contribution in [0.2, 0.25) is 5.02 Å². The molecule has 8 heteroatoms. The minimum absolute atomic E-state index is 0.0326. The summed E-state index contributed by atoms with van der Waals surface area (Å²) >= 11 is 8.30. The van der Waals surface area contributed by atoms with Gasteiger partial charge in [0, 0.05) is 3.57 Å². The fourth-order valence-corrected chi connectivity index (χ4v) is 2.83. The van der Waals surface area contributed by atoms with Gasteiger partial charge >= 0.3 is 0 Å². The largest absolute Gasteiger partial charge is 0.391 e. The first-order chi connectivity index (χ1) is 11.9. The van der Waals surface area contributed by atoms with E-state index in [2.05, 4.69) is 33.4 Å². The molecule has 5 nitrogen and oxygen atoms in total. The summed E-state index contributed by atoms with van der Waals surface area (Å²) in [6, 6.07) is 9.04. The van der Waals surface area contributed by atoms with Gasteiger partial charge in [-0.25, -0.2) is 9.87 Å². The first kappa shape index (κ1) is 19.9. The molecule has 2 rings (SSSR count). The number of hydroxylamine groups is 1. The van der Waals surface area contributed by atoms with E-state index < -0.39 is 17.8 Å². The van der Waals surface area contributed by atoms with Gasteiger partial charge in [0.2, 0.25) is 0 Å². The molecule has 1 unspecified atom stereocenters. The molecule has 0 saturated carbocycles. The second-order valence-electron chi connectivity index (χ2n) is 5.24. The number of amides is 1. The Morgan fingerprint density at radius 3 is 2.76 bits per heavy atom. The first-order valence-corrected chi connectivity index (χ1v) is 8.98. The average Bonchev–Trinajstić information content (AvgIpc) is 2.57. The van der Waals surface area contributed by atoms with E-state index in [-0.39, 0.29) is 17.9 Å². The van der Waals surface area contributed by atoms with Crippen LogP contribution in [0.4, 0.5) is 15.8 Å². The molecule has 0 spiro atoms. The highest BCUT2D eigenvalue weighted by Gasteiger charge is 2.14. The number of aliphatic hydroxyl groups is 1. The number of benzene rings is 2. The van der Waals surface area contributed by atoms with Gasteiger partial charge in [0.05, 0.1) is 28.1 Å². The summed E-state index contributed by atoms with van der Waals surface area (Å²) < 4.78 is 14.6. The van der Waals surface area contributed by atoms with Crippen molar-refractivity contribution in [2.45, 2.75) is 19.4 Å². The normalized spacial score (nSPS) is 11.9. The summed E-state index contributed by atoms with van der Waals surface area (Å²) in [5.41, 5.74) is 3.22. The zero-order valence-electron chi connectivity index (χ0n) is 13.4. The smallest absolute Gasteiger partial charge is 0.276 e. The zero-order chi connectivity index (χ0) is 18.4. The molecule has 1 atom stereocenters. The number of nitrogens with one attached hydrogen (secondary N) is 2. The lowest BCUT2D eigenvalue weighted by Crippen LogP contribution is -2.28. The van der Waals surface area contributed by atoms with Crippen molar-refractivity contribution in [3.63, 3.8) is 0 Å². The molecule has 1 amide bonds. The zero-order valence-corrected chi connectivity index (χ0v) is 16.3. The summed E-state index contributed by atoms with van der Waals surface area (Å²) in [5.74, 6) is -1.06. The summed E-state index contributed by atoms with van der Waals surface area (Å²) in [4.78, 5) is 17.2. The average molecular weight is 479 g/mol. The van der Waals surface area contributed by atoms with Gasteiger partial charge in [-0.05, 0) is 65.4 Å². The van der Waals surface area contributed by atoms with Crippen LogP contribution in [-0.4, -0.2) is 23.7 Å². The van der Waals surface area contributed by atoms with Gasteiger partial charge in [-0.1, -0.05) is 18.5 Å². The maximum atomic E-state index is 13.6. The Labute approximate surface area is 163 Å². The number of hydrogen-bond donors (Lipinski definition) is 3. The van der Waals surface area contributed by atoms with Crippen LogP contribution in [0.3, 0.4) is 0 Å². The van der Waals surface area contributed by atoms with Gasteiger partial charge in [0.15, 0.2) is 0 Å². The molecular weight excluding hydrogens is 462 g/mol. The summed E-state index contributed by atoms with van der Waals surface area (Å²) in [6.07, 6.45) is -0.165. The van der Waals surface area contributed by atoms with E-state index in [9.17, 15) is 14.3 Å². The minimum atomic E-state index is -0.670. The Balaban J connectivity index is 2.17. The van der Waals surface area contributed by atoms with E-state index in [4.69, 9.17) is 16.4 Å². The molecule has 2 aromatic rings. The molecule has 134 valence electrons. The summed E-state index contributed by atoms with van der Waals surface area (Å²) in [6.45, 7) is 1.76. The quantitative estimate of drug-likeness (QED) is 0.411. The number of anilines is 2. The van der Waals surface area contributed by atoms with Gasteiger partial charge in [0.1, 0.15) is 12.4 Å². The SMILES string of the molecule is CCC(O)CONC(=O)c1ccc(F)cc1Nc1ccc(I)cc1Cl. The van der Waals surface area contributed by atoms with Gasteiger partial charge in [0.25, 0.3) is 5.91 Å². The number of halogens is 3. The molecule has 0 aliphatic heterocycles. The molecule has 25 heavy (non-hydrogen) atoms. The van der Waals surface area contributed by atoms with Crippen molar-refractivity contribution in [2.24, 2.45) is 0 Å². The third kappa shape index (κ3) is 5.81. The highest BCUT2D eigenvalue weighted by atomic mass is 127. The Kier molecular flexibility index (Phi) is 7.42. The third-order valence-electron chi connectivity index (χ3n) is 3.34. The second kappa shape index (κ2) is 9.33. The molecule has 3 N–H and O–H groups in total. The monoisotopic (exact) mass is 478 g/mol. The van der Waals surface area contributed by atoms with Crippen molar-refractivity contribution in [1.82, 2.24) is 5.48 Å². The second-order valence-corrected chi connectivity index (χ2v) is 6.90. The predicted molar refractivity (Wildman–Crippen MR) is 104 cm³/mol. The topological polar surface area (TPSA) is 70.6 Å². The van der Waals surface area contributed by atoms with Crippen LogP contribution < -0.4 is 10.8 Å². The Hall–Kier alpha value is -1.42. The Morgan fingerprint density at radius 1 is 1.32 bits per heavy atom. The van der Waals surface area contributed by atoms with Gasteiger partial charge in [-0.15, -0.1) is 0 Å². The van der Waals surface area contributed by atoms with Crippen molar-refractivity contribution < 1.29 is 19.1 Å². The summed E-state index contributed by atoms with van der Waals surface area (Å²) in [5, 5.41) is 12.8. The molecule has 2 aromatic carbocycles. The Bertz CT molecular complexity index is 761. The van der Waals surface area contributed by atoms with E-state index in [1.807, 2.05) is 6.07 Å². The van der Waals surface area contributed by atoms with Crippen LogP contribution in [0.25, 0.3) is 0 Å². The minimum Gasteiger partial charge on any atom is -0.391 e. The lowest BCUT2D eigenvalue weighted by Gasteiger charge is -2.14. The molecule has 0 saturated heterocycles. The lowest BCUT2D eigenvalue weighted by atomic mass is 10.1. The molecule has 0 heterocycles. The van der Waals surface area contributed by atoms with E-state index in [0.29, 0.717) is 17.1 Å². The fraction of sp³-hybridized carbons (Fsp3) is 0.235. The van der Waals surface area contributed by atoms with Gasteiger partial charge < -0.3 is 10.4 Å². The van der Waals surface area contributed by atoms with Crippen molar-refractivity contribution in [2.75, 3.05) is 11.9 Å². The molecule has 0 aliphatic rings. The van der Waals surface area contributed by atoms with E-state index in [0.717, 1.165) is 3.57 Å². The van der Waals surface area contributed by atoms with Crippen LogP contribution in [0.5, 0.6) is 0 Å². The van der Waals surface area contributed by atoms with E-state index in [1.54, 1.807) is 19.1 Å². The molecular formula is C17H17ClFIN2O3. The number of hydrogen-bond acceptors (Lipinski definition) is 4. The van der Waals surface area contributed by atoms with Gasteiger partial charge in [-0.3, -0.25) is 9.63 Å². The third-order valence-corrected chi connectivity index (χ3v) is 4.32. The molecule has 0 fully saturated rings. The molecule has 0 radical (unpaired) electrons. The maximum absolute atomic E-state index is 13.6. The predicted octanol–water partition coefficient (Wildman–Crippen LogP) is 4.26. The van der Waals surface area contributed by atoms with Crippen molar-refractivity contribution in [1.29, 1.82) is 0 Å². The van der Waals surface area contributed by atoms with Crippen molar-refractivity contribution in [3.05, 3.63) is 56.4 Å². The maximum Gasteiger partial charge on any atom is 0.276 e. The van der Waals surface area contributed by atoms with Crippen LogP contribution >= 0.6 is 34.2 Å². The van der Waals surface area contributed by atoms with E-state index in [1.165, 1.54) is 18.2 Å². The van der Waals surface area contributed by atoms with Crippen LogP contribution in [0.15, 0.2) is 36.4 Å². The highest BCUT2D eigenvalue weighted by molar-refractivity contribution is 14.1. The van der Waals surface area contributed by atoms with Gasteiger partial charge in [-0.2, -0.15) is 0 Å². The molecule has 0 aliphatic carbocycles. The van der Waals surface area contributed by atoms with Crippen LogP contribution in [0.1, 0.15) is 23.7 Å². The molecule has 0 bridgehead atoms. The molecule has 0 aromatic heterocycles. The lowest BCUT2D eigenvalue weighted by molar-refractivity contribution is -0.0133. The van der Waals surface area contributed by atoms with Crippen molar-refractivity contribution >= 4 is 51.5 Å². The van der Waals surface area contributed by atoms with E-state index >= 15 is 0 Å². The standard InChI is InChI=1S/C17H17ClFIN2O3/c1-2-12(23)9-25-22-17(24)13-5-3-10(19)7-16(13)21-15-6-4-11(20)8-14(15)18/h3-8,12,21,23H,2,9H2,1H3,(H,22,24). The first-order valence-electron chi connectivity index (χ1n) is 7.52. The highest BCUT2D eigenvalue weighted by Crippen LogP contribution is 2.29. The number of rotatable bonds is 7. The Morgan fingerprint density at radius 2 is 2.08 bits per heavy atom. The fourth-order valence-electron chi connectivity index (χ4n) is 1.93. The number of carbonyl (C=O) groups excluding carboxylic acids is 1. The summed E-state index contributed by atoms with van der Waals surface area (Å²) in [7, 11) is 0. The van der Waals surface area contributed by atoms with Crippen LogP contribution in [-0.2, 0) is 4.84 Å².